The summed E-state index contributed by atoms with van der Waals surface area (Å²) in [7, 11) is 0. The molecule has 2 heterocycles. The molecule has 2 rings (SSSR count). The predicted molar refractivity (Wildman–Crippen MR) is 65.8 cm³/mol. The lowest BCUT2D eigenvalue weighted by Crippen LogP contribution is -2.56. The number of amides is 1. The van der Waals surface area contributed by atoms with Gasteiger partial charge >= 0.3 is 5.97 Å². The van der Waals surface area contributed by atoms with Crippen LogP contribution >= 0.6 is 11.8 Å². The van der Waals surface area contributed by atoms with Gasteiger partial charge in [0, 0.05) is 18.8 Å². The molecule has 0 saturated carbocycles. The Labute approximate surface area is 105 Å². The first kappa shape index (κ1) is 12.7. The largest absolute Gasteiger partial charge is 0.480 e. The van der Waals surface area contributed by atoms with Crippen LogP contribution in [0, 0.1) is 5.92 Å². The highest BCUT2D eigenvalue weighted by atomic mass is 32.2. The molecule has 2 atom stereocenters. The molecule has 6 heteroatoms. The van der Waals surface area contributed by atoms with Crippen LogP contribution in [0.15, 0.2) is 0 Å². The molecule has 2 aliphatic rings. The summed E-state index contributed by atoms with van der Waals surface area (Å²) in [4.78, 5) is 25.0. The van der Waals surface area contributed by atoms with Gasteiger partial charge in [0.2, 0.25) is 5.91 Å². The molecule has 1 amide bonds. The lowest BCUT2D eigenvalue weighted by atomic mass is 10.0. The number of carbonyl (C=O) groups is 2. The zero-order chi connectivity index (χ0) is 12.4. The van der Waals surface area contributed by atoms with Gasteiger partial charge in [-0.2, -0.15) is 0 Å². The third-order valence-electron chi connectivity index (χ3n) is 3.30. The maximum atomic E-state index is 12.2. The number of thioether (sulfide) groups is 1. The number of nitrogens with one attached hydrogen (secondary N) is 1. The van der Waals surface area contributed by atoms with Crippen LogP contribution in [0.4, 0.5) is 0 Å². The second-order valence-corrected chi connectivity index (χ2v) is 5.74. The summed E-state index contributed by atoms with van der Waals surface area (Å²) in [6.07, 6.45) is 1.84. The van der Waals surface area contributed by atoms with Crippen LogP contribution in [0.5, 0.6) is 0 Å². The van der Waals surface area contributed by atoms with Gasteiger partial charge in [0.25, 0.3) is 0 Å². The fraction of sp³-hybridized carbons (Fsp3) is 0.818. The molecular formula is C11H18N2O3S. The van der Waals surface area contributed by atoms with Crippen molar-refractivity contribution in [1.29, 1.82) is 0 Å². The quantitative estimate of drug-likeness (QED) is 0.762. The van der Waals surface area contributed by atoms with Gasteiger partial charge in [-0.1, -0.05) is 13.3 Å². The van der Waals surface area contributed by atoms with Crippen LogP contribution in [0.3, 0.4) is 0 Å². The van der Waals surface area contributed by atoms with E-state index in [-0.39, 0.29) is 17.2 Å². The molecule has 2 saturated heterocycles. The van der Waals surface area contributed by atoms with E-state index in [1.807, 2.05) is 0 Å². The summed E-state index contributed by atoms with van der Waals surface area (Å²) in [6.45, 7) is 3.43. The number of hydrogen-bond acceptors (Lipinski definition) is 4. The van der Waals surface area contributed by atoms with Crippen molar-refractivity contribution < 1.29 is 14.7 Å². The van der Waals surface area contributed by atoms with Crippen LogP contribution in [-0.4, -0.2) is 52.1 Å². The molecule has 0 bridgehead atoms. The number of aliphatic carboxylic acids is 1. The van der Waals surface area contributed by atoms with Crippen molar-refractivity contribution in [3.05, 3.63) is 0 Å². The Morgan fingerprint density at radius 1 is 1.47 bits per heavy atom. The topological polar surface area (TPSA) is 69.6 Å². The van der Waals surface area contributed by atoms with E-state index in [9.17, 15) is 9.59 Å². The Morgan fingerprint density at radius 2 is 2.18 bits per heavy atom. The van der Waals surface area contributed by atoms with Gasteiger partial charge in [-0.05, 0) is 6.42 Å². The Hall–Kier alpha value is -0.750. The normalized spacial score (nSPS) is 29.1. The highest BCUT2D eigenvalue weighted by Crippen LogP contribution is 2.33. The van der Waals surface area contributed by atoms with Crippen molar-refractivity contribution in [3.63, 3.8) is 0 Å². The molecule has 2 fully saturated rings. The molecule has 0 aromatic rings. The molecule has 2 N–H and O–H groups in total. The Morgan fingerprint density at radius 3 is 2.65 bits per heavy atom. The number of carboxylic acid groups (broad SMARTS) is 1. The first-order valence-electron chi connectivity index (χ1n) is 6.02. The number of nitrogens with zero attached hydrogens (tertiary/aromatic N) is 1. The maximum Gasteiger partial charge on any atom is 0.327 e. The van der Waals surface area contributed by atoms with Crippen molar-refractivity contribution in [2.45, 2.75) is 31.2 Å². The van der Waals surface area contributed by atoms with Crippen molar-refractivity contribution >= 4 is 23.6 Å². The standard InChI is InChI=1S/C11H18N2O3S/c1-2-3-9-13(8(6-17-9)11(15)16)10(14)7-4-12-5-7/h7-9,12H,2-6H2,1H3,(H,15,16). The molecule has 2 unspecified atom stereocenters. The lowest BCUT2D eigenvalue weighted by Gasteiger charge is -2.34. The Kier molecular flexibility index (Phi) is 3.93. The first-order chi connectivity index (χ1) is 8.15. The molecule has 17 heavy (non-hydrogen) atoms. The third kappa shape index (κ3) is 2.42. The van der Waals surface area contributed by atoms with Crippen LogP contribution in [-0.2, 0) is 9.59 Å². The molecule has 0 aliphatic carbocycles. The maximum absolute atomic E-state index is 12.2. The zero-order valence-corrected chi connectivity index (χ0v) is 10.7. The van der Waals surface area contributed by atoms with Gasteiger partial charge in [-0.15, -0.1) is 11.8 Å². The second kappa shape index (κ2) is 5.27. The monoisotopic (exact) mass is 258 g/mol. The number of rotatable bonds is 4. The molecule has 0 spiro atoms. The van der Waals surface area contributed by atoms with Gasteiger partial charge in [0.1, 0.15) is 6.04 Å². The summed E-state index contributed by atoms with van der Waals surface area (Å²) in [5.74, 6) is -0.363. The predicted octanol–water partition coefficient (Wildman–Crippen LogP) is 0.361. The summed E-state index contributed by atoms with van der Waals surface area (Å²) in [6, 6.07) is -0.635. The highest BCUT2D eigenvalue weighted by molar-refractivity contribution is 8.00. The van der Waals surface area contributed by atoms with Crippen LogP contribution < -0.4 is 5.32 Å². The van der Waals surface area contributed by atoms with E-state index in [1.54, 1.807) is 16.7 Å². The number of carbonyl (C=O) groups excluding carboxylic acids is 1. The third-order valence-corrected chi connectivity index (χ3v) is 4.65. The molecule has 5 nitrogen and oxygen atoms in total. The smallest absolute Gasteiger partial charge is 0.327 e. The van der Waals surface area contributed by atoms with Crippen molar-refractivity contribution in [3.8, 4) is 0 Å². The minimum Gasteiger partial charge on any atom is -0.480 e. The van der Waals surface area contributed by atoms with Gasteiger partial charge < -0.3 is 15.3 Å². The molecule has 0 radical (unpaired) electrons. The summed E-state index contributed by atoms with van der Waals surface area (Å²) < 4.78 is 0. The van der Waals surface area contributed by atoms with E-state index in [0.29, 0.717) is 18.8 Å². The molecule has 2 aliphatic heterocycles. The zero-order valence-electron chi connectivity index (χ0n) is 9.89. The van der Waals surface area contributed by atoms with Gasteiger partial charge in [-0.25, -0.2) is 4.79 Å². The second-order valence-electron chi connectivity index (χ2n) is 4.53. The van der Waals surface area contributed by atoms with Crippen molar-refractivity contribution in [2.75, 3.05) is 18.8 Å². The summed E-state index contributed by atoms with van der Waals surface area (Å²) >= 11 is 1.60. The fourth-order valence-electron chi connectivity index (χ4n) is 2.19. The van der Waals surface area contributed by atoms with Crippen LogP contribution in [0.2, 0.25) is 0 Å². The average molecular weight is 258 g/mol. The number of hydrogen-bond donors (Lipinski definition) is 2. The molecule has 0 aromatic heterocycles. The molecule has 0 aromatic carbocycles. The summed E-state index contributed by atoms with van der Waals surface area (Å²) in [5, 5.41) is 12.3. The summed E-state index contributed by atoms with van der Waals surface area (Å²) in [5.41, 5.74) is 0. The SMILES string of the molecule is CCCC1SCC(C(=O)O)N1C(=O)C1CNC1. The fourth-order valence-corrected chi connectivity index (χ4v) is 3.71. The van der Waals surface area contributed by atoms with E-state index in [2.05, 4.69) is 12.2 Å². The molecular weight excluding hydrogens is 240 g/mol. The van der Waals surface area contributed by atoms with Crippen LogP contribution in [0.1, 0.15) is 19.8 Å². The van der Waals surface area contributed by atoms with Gasteiger partial charge in [0.05, 0.1) is 11.3 Å². The van der Waals surface area contributed by atoms with E-state index in [1.165, 1.54) is 0 Å². The van der Waals surface area contributed by atoms with Crippen LogP contribution in [0.25, 0.3) is 0 Å². The highest BCUT2D eigenvalue weighted by Gasteiger charge is 2.44. The molecule has 96 valence electrons. The van der Waals surface area contributed by atoms with Gasteiger partial charge in [0.15, 0.2) is 0 Å². The Balaban J connectivity index is 2.10. The van der Waals surface area contributed by atoms with E-state index in [4.69, 9.17) is 5.11 Å². The first-order valence-corrected chi connectivity index (χ1v) is 7.07. The van der Waals surface area contributed by atoms with Crippen molar-refractivity contribution in [2.24, 2.45) is 5.92 Å². The lowest BCUT2D eigenvalue weighted by molar-refractivity contribution is -0.151. The van der Waals surface area contributed by atoms with E-state index in [0.717, 1.165) is 12.8 Å². The van der Waals surface area contributed by atoms with E-state index >= 15 is 0 Å². The number of carboxylic acids is 1. The van der Waals surface area contributed by atoms with Gasteiger partial charge in [-0.3, -0.25) is 4.79 Å². The van der Waals surface area contributed by atoms with E-state index < -0.39 is 12.0 Å². The minimum absolute atomic E-state index is 0.0135. The average Bonchev–Trinajstić information content (AvgIpc) is 2.59. The van der Waals surface area contributed by atoms with Crippen molar-refractivity contribution in [1.82, 2.24) is 10.2 Å². The Bertz CT molecular complexity index is 320. The minimum atomic E-state index is -0.878.